The predicted octanol–water partition coefficient (Wildman–Crippen LogP) is 5.66. The Kier molecular flexibility index (Phi) is 4.56. The van der Waals surface area contributed by atoms with E-state index in [1.807, 2.05) is 18.2 Å². The molecule has 3 heteroatoms. The number of carbonyl (C=O) groups is 1. The lowest BCUT2D eigenvalue weighted by Crippen LogP contribution is -2.43. The number of hydrogen-bond acceptors (Lipinski definition) is 3. The van der Waals surface area contributed by atoms with Crippen molar-refractivity contribution in [2.75, 3.05) is 0 Å². The number of Topliss-reactive ketones (excluding diaryl/α,β-unsaturated/α-hetero) is 1. The Morgan fingerprint density at radius 1 is 0.793 bits per heavy atom. The van der Waals surface area contributed by atoms with Gasteiger partial charge in [-0.25, -0.2) is 0 Å². The standard InChI is InChI=1S/C26H26N2O/c27-26(15-6-16-26)20-13-11-19(12-14-20)25-21(18-7-2-1-3-8-18)17-22-23(28-25)9-4-5-10-24(22)29/h1-3,7-8,11-14,17H,4-6,9-10,15-16,27H2. The molecular weight excluding hydrogens is 356 g/mol. The van der Waals surface area contributed by atoms with Crippen LogP contribution >= 0.6 is 0 Å². The number of nitrogens with two attached hydrogens (primary N) is 1. The van der Waals surface area contributed by atoms with Crippen molar-refractivity contribution < 1.29 is 4.79 Å². The van der Waals surface area contributed by atoms with E-state index in [1.54, 1.807) is 0 Å². The second-order valence-electron chi connectivity index (χ2n) is 8.46. The molecule has 0 radical (unpaired) electrons. The highest BCUT2D eigenvalue weighted by molar-refractivity contribution is 5.99. The van der Waals surface area contributed by atoms with Gasteiger partial charge in [0.25, 0.3) is 0 Å². The van der Waals surface area contributed by atoms with Gasteiger partial charge in [0, 0.05) is 28.7 Å². The number of rotatable bonds is 3. The Morgan fingerprint density at radius 3 is 2.21 bits per heavy atom. The second kappa shape index (κ2) is 7.23. The van der Waals surface area contributed by atoms with Gasteiger partial charge < -0.3 is 5.73 Å². The van der Waals surface area contributed by atoms with Crippen molar-refractivity contribution in [3.8, 4) is 22.4 Å². The first-order chi connectivity index (χ1) is 14.1. The maximum atomic E-state index is 12.7. The zero-order valence-electron chi connectivity index (χ0n) is 16.7. The minimum atomic E-state index is -0.158. The van der Waals surface area contributed by atoms with E-state index in [-0.39, 0.29) is 11.3 Å². The molecule has 1 saturated carbocycles. The Hall–Kier alpha value is -2.78. The fourth-order valence-corrected chi connectivity index (χ4v) is 4.56. The number of fused-ring (bicyclic) bond motifs is 1. The third-order valence-corrected chi connectivity index (χ3v) is 6.53. The third kappa shape index (κ3) is 3.30. The quantitative estimate of drug-likeness (QED) is 0.594. The van der Waals surface area contributed by atoms with Gasteiger partial charge in [0.2, 0.25) is 0 Å². The number of carbonyl (C=O) groups excluding carboxylic acids is 1. The SMILES string of the molecule is NC1(c2ccc(-c3nc4c(cc3-c3ccccc3)C(=O)CCCC4)cc2)CCC1. The fraction of sp³-hybridized carbons (Fsp3) is 0.308. The van der Waals surface area contributed by atoms with Gasteiger partial charge in [-0.05, 0) is 55.7 Å². The first-order valence-corrected chi connectivity index (χ1v) is 10.7. The second-order valence-corrected chi connectivity index (χ2v) is 8.46. The van der Waals surface area contributed by atoms with Gasteiger partial charge in [-0.3, -0.25) is 9.78 Å². The molecule has 2 N–H and O–H groups in total. The summed E-state index contributed by atoms with van der Waals surface area (Å²) in [5.74, 6) is 0.221. The van der Waals surface area contributed by atoms with Gasteiger partial charge >= 0.3 is 0 Å². The molecule has 1 fully saturated rings. The zero-order chi connectivity index (χ0) is 19.8. The van der Waals surface area contributed by atoms with Crippen LogP contribution in [0.25, 0.3) is 22.4 Å². The van der Waals surface area contributed by atoms with Gasteiger partial charge in [0.15, 0.2) is 5.78 Å². The number of aromatic nitrogens is 1. The summed E-state index contributed by atoms with van der Waals surface area (Å²) in [5, 5.41) is 0. The van der Waals surface area contributed by atoms with Crippen molar-refractivity contribution in [3.05, 3.63) is 77.5 Å². The van der Waals surface area contributed by atoms with Crippen molar-refractivity contribution in [1.82, 2.24) is 4.98 Å². The molecule has 29 heavy (non-hydrogen) atoms. The monoisotopic (exact) mass is 382 g/mol. The van der Waals surface area contributed by atoms with Crippen molar-refractivity contribution in [2.45, 2.75) is 50.5 Å². The molecule has 5 rings (SSSR count). The van der Waals surface area contributed by atoms with E-state index in [4.69, 9.17) is 10.7 Å². The van der Waals surface area contributed by atoms with E-state index in [0.717, 1.165) is 65.7 Å². The number of benzene rings is 2. The molecule has 1 aromatic heterocycles. The van der Waals surface area contributed by atoms with Crippen LogP contribution in [0.4, 0.5) is 0 Å². The van der Waals surface area contributed by atoms with E-state index in [2.05, 4.69) is 42.5 Å². The largest absolute Gasteiger partial charge is 0.321 e. The smallest absolute Gasteiger partial charge is 0.164 e. The summed E-state index contributed by atoms with van der Waals surface area (Å²) in [6.45, 7) is 0. The topological polar surface area (TPSA) is 56.0 Å². The number of hydrogen-bond donors (Lipinski definition) is 1. The first kappa shape index (κ1) is 18.3. The van der Waals surface area contributed by atoms with Gasteiger partial charge in [-0.2, -0.15) is 0 Å². The van der Waals surface area contributed by atoms with Crippen LogP contribution in [0.1, 0.15) is 60.1 Å². The van der Waals surface area contributed by atoms with E-state index < -0.39 is 0 Å². The van der Waals surface area contributed by atoms with Crippen LogP contribution in [-0.2, 0) is 12.0 Å². The molecule has 0 unspecified atom stereocenters. The number of pyridine rings is 1. The summed E-state index contributed by atoms with van der Waals surface area (Å²) >= 11 is 0. The maximum absolute atomic E-state index is 12.7. The van der Waals surface area contributed by atoms with E-state index in [1.165, 1.54) is 12.0 Å². The molecule has 1 heterocycles. The maximum Gasteiger partial charge on any atom is 0.164 e. The molecule has 146 valence electrons. The van der Waals surface area contributed by atoms with Crippen LogP contribution < -0.4 is 5.73 Å². The van der Waals surface area contributed by atoms with Crippen LogP contribution in [0.3, 0.4) is 0 Å². The Bertz CT molecular complexity index is 1050. The molecule has 0 amide bonds. The molecule has 2 aliphatic rings. The lowest BCUT2D eigenvalue weighted by Gasteiger charge is -2.38. The summed E-state index contributed by atoms with van der Waals surface area (Å²) < 4.78 is 0. The van der Waals surface area contributed by atoms with Crippen LogP contribution in [0, 0.1) is 0 Å². The van der Waals surface area contributed by atoms with E-state index in [0.29, 0.717) is 6.42 Å². The number of ketones is 1. The van der Waals surface area contributed by atoms with Crippen LogP contribution in [0.2, 0.25) is 0 Å². The lowest BCUT2D eigenvalue weighted by molar-refractivity contribution is 0.0982. The van der Waals surface area contributed by atoms with Gasteiger partial charge in [-0.1, -0.05) is 54.6 Å². The molecule has 0 atom stereocenters. The van der Waals surface area contributed by atoms with Gasteiger partial charge in [0.05, 0.1) is 11.4 Å². The van der Waals surface area contributed by atoms with Crippen LogP contribution in [-0.4, -0.2) is 10.8 Å². The van der Waals surface area contributed by atoms with Gasteiger partial charge in [0.1, 0.15) is 0 Å². The van der Waals surface area contributed by atoms with Crippen molar-refractivity contribution in [3.63, 3.8) is 0 Å². The van der Waals surface area contributed by atoms with E-state index in [9.17, 15) is 4.79 Å². The molecule has 3 nitrogen and oxygen atoms in total. The zero-order valence-corrected chi connectivity index (χ0v) is 16.7. The summed E-state index contributed by atoms with van der Waals surface area (Å²) in [5.41, 5.74) is 13.5. The normalized spacial score (nSPS) is 17.9. The molecule has 0 spiro atoms. The summed E-state index contributed by atoms with van der Waals surface area (Å²) in [7, 11) is 0. The average Bonchev–Trinajstić information content (AvgIpc) is 2.93. The van der Waals surface area contributed by atoms with E-state index >= 15 is 0 Å². The molecule has 2 aliphatic carbocycles. The Labute approximate surface area is 172 Å². The molecular formula is C26H26N2O. The van der Waals surface area contributed by atoms with Crippen LogP contribution in [0.5, 0.6) is 0 Å². The summed E-state index contributed by atoms with van der Waals surface area (Å²) in [4.78, 5) is 17.7. The highest BCUT2D eigenvalue weighted by Gasteiger charge is 2.34. The van der Waals surface area contributed by atoms with Crippen molar-refractivity contribution >= 4 is 5.78 Å². The first-order valence-electron chi connectivity index (χ1n) is 10.7. The van der Waals surface area contributed by atoms with Crippen molar-refractivity contribution in [1.29, 1.82) is 0 Å². The third-order valence-electron chi connectivity index (χ3n) is 6.53. The summed E-state index contributed by atoms with van der Waals surface area (Å²) in [6, 6.07) is 20.9. The highest BCUT2D eigenvalue weighted by atomic mass is 16.1. The summed E-state index contributed by atoms with van der Waals surface area (Å²) in [6.07, 6.45) is 6.77. The van der Waals surface area contributed by atoms with Gasteiger partial charge in [-0.15, -0.1) is 0 Å². The highest BCUT2D eigenvalue weighted by Crippen LogP contribution is 2.40. The van der Waals surface area contributed by atoms with Crippen molar-refractivity contribution in [2.24, 2.45) is 5.73 Å². The number of aryl methyl sites for hydroxylation is 1. The molecule has 0 bridgehead atoms. The van der Waals surface area contributed by atoms with Crippen LogP contribution in [0.15, 0.2) is 60.7 Å². The minimum absolute atomic E-state index is 0.158. The average molecular weight is 383 g/mol. The fourth-order valence-electron chi connectivity index (χ4n) is 4.56. The Morgan fingerprint density at radius 2 is 1.52 bits per heavy atom. The molecule has 0 saturated heterocycles. The molecule has 3 aromatic rings. The Balaban J connectivity index is 1.65. The number of nitrogens with zero attached hydrogens (tertiary/aromatic N) is 1. The molecule has 2 aromatic carbocycles. The molecule has 0 aliphatic heterocycles. The lowest BCUT2D eigenvalue weighted by atomic mass is 9.72. The minimum Gasteiger partial charge on any atom is -0.321 e. The predicted molar refractivity (Wildman–Crippen MR) is 117 cm³/mol.